The Morgan fingerprint density at radius 3 is 2.54 bits per heavy atom. The predicted octanol–water partition coefficient (Wildman–Crippen LogP) is 5.14. The molecular formula is C28H30N2O6S. The van der Waals surface area contributed by atoms with E-state index in [4.69, 9.17) is 18.9 Å². The minimum atomic E-state index is -0.588. The van der Waals surface area contributed by atoms with Gasteiger partial charge in [0.2, 0.25) is 0 Å². The third kappa shape index (κ3) is 5.09. The van der Waals surface area contributed by atoms with Gasteiger partial charge < -0.3 is 18.9 Å². The lowest BCUT2D eigenvalue weighted by Gasteiger charge is -2.31. The molecule has 2 aromatic rings. The fraction of sp³-hybridized carbons (Fsp3) is 0.321. The maximum absolute atomic E-state index is 13.9. The van der Waals surface area contributed by atoms with Crippen LogP contribution < -0.4 is 14.2 Å². The molecule has 1 atom stereocenters. The number of aliphatic imine (C=N–C) groups is 1. The number of rotatable bonds is 8. The number of esters is 1. The van der Waals surface area contributed by atoms with E-state index in [0.717, 1.165) is 0 Å². The van der Waals surface area contributed by atoms with Gasteiger partial charge >= 0.3 is 5.97 Å². The van der Waals surface area contributed by atoms with Crippen molar-refractivity contribution in [1.82, 2.24) is 4.90 Å². The molecule has 0 aromatic heterocycles. The lowest BCUT2D eigenvalue weighted by molar-refractivity contribution is -0.135. The van der Waals surface area contributed by atoms with Crippen molar-refractivity contribution in [3.63, 3.8) is 0 Å². The Labute approximate surface area is 220 Å². The van der Waals surface area contributed by atoms with Crippen LogP contribution in [0.15, 0.2) is 57.9 Å². The summed E-state index contributed by atoms with van der Waals surface area (Å²) in [6.07, 6.45) is 1.66. The number of hydrogen-bond acceptors (Lipinski definition) is 8. The lowest BCUT2D eigenvalue weighted by Crippen LogP contribution is -2.37. The number of fused-ring (bicyclic) bond motifs is 1. The van der Waals surface area contributed by atoms with Crippen LogP contribution in [0.1, 0.15) is 38.8 Å². The van der Waals surface area contributed by atoms with Gasteiger partial charge in [0, 0.05) is 11.1 Å². The smallest absolute Gasteiger partial charge is 0.341 e. The first-order valence-electron chi connectivity index (χ1n) is 12.0. The highest BCUT2D eigenvalue weighted by Crippen LogP contribution is 2.47. The Morgan fingerprint density at radius 2 is 1.86 bits per heavy atom. The molecule has 194 valence electrons. The van der Waals surface area contributed by atoms with Crippen LogP contribution in [0.25, 0.3) is 11.8 Å². The average Bonchev–Trinajstić information content (AvgIpc) is 3.18. The Balaban J connectivity index is 1.87. The maximum Gasteiger partial charge on any atom is 0.341 e. The molecule has 0 saturated carbocycles. The number of ether oxygens (including phenoxy) is 4. The van der Waals surface area contributed by atoms with Crippen molar-refractivity contribution in [3.8, 4) is 17.2 Å². The zero-order valence-corrected chi connectivity index (χ0v) is 22.5. The Kier molecular flexibility index (Phi) is 7.92. The van der Waals surface area contributed by atoms with E-state index in [9.17, 15) is 9.59 Å². The summed E-state index contributed by atoms with van der Waals surface area (Å²) in [6.45, 7) is 7.92. The molecule has 0 bridgehead atoms. The fourth-order valence-corrected chi connectivity index (χ4v) is 5.37. The standard InChI is InChI=1S/C28H30N2O6S/c1-7-35-25-18(11-10-14-21(25)33-5)15-22-26(31)30-24(19-12-8-9-13-20(19)36-16(2)3)23(27(32)34-6)17(4)29-28(30)37-22/h8-16,28H,7H2,1-6H3. The zero-order chi connectivity index (χ0) is 26.7. The number of thioether (sulfide) groups is 1. The SMILES string of the molecule is CCOc1c(C=C2SC3N=C(C)C(C(=O)OC)=C(c4ccccc4OC(C)C)N3C2=O)cccc1OC. The summed E-state index contributed by atoms with van der Waals surface area (Å²) < 4.78 is 22.4. The maximum atomic E-state index is 13.9. The third-order valence-electron chi connectivity index (χ3n) is 5.73. The number of carbonyl (C=O) groups is 2. The largest absolute Gasteiger partial charge is 0.493 e. The minimum absolute atomic E-state index is 0.110. The second-order valence-electron chi connectivity index (χ2n) is 8.53. The number of hydrogen-bond donors (Lipinski definition) is 0. The number of carbonyl (C=O) groups excluding carboxylic acids is 2. The van der Waals surface area contributed by atoms with Crippen LogP contribution in [-0.4, -0.2) is 54.9 Å². The van der Waals surface area contributed by atoms with Crippen molar-refractivity contribution in [1.29, 1.82) is 0 Å². The van der Waals surface area contributed by atoms with Gasteiger partial charge in [-0.1, -0.05) is 36.0 Å². The molecule has 8 nitrogen and oxygen atoms in total. The Hall–Kier alpha value is -3.72. The van der Waals surface area contributed by atoms with Gasteiger partial charge in [-0.2, -0.15) is 0 Å². The molecule has 37 heavy (non-hydrogen) atoms. The van der Waals surface area contributed by atoms with E-state index in [2.05, 4.69) is 4.99 Å². The van der Waals surface area contributed by atoms with E-state index in [1.807, 2.05) is 63.2 Å². The van der Waals surface area contributed by atoms with Crippen molar-refractivity contribution < 1.29 is 28.5 Å². The van der Waals surface area contributed by atoms with Crippen molar-refractivity contribution in [2.45, 2.75) is 39.3 Å². The molecule has 0 N–H and O–H groups in total. The van der Waals surface area contributed by atoms with E-state index < -0.39 is 11.5 Å². The first-order valence-corrected chi connectivity index (χ1v) is 12.8. The summed E-state index contributed by atoms with van der Waals surface area (Å²) in [7, 11) is 2.89. The van der Waals surface area contributed by atoms with E-state index in [0.29, 0.717) is 51.3 Å². The van der Waals surface area contributed by atoms with E-state index in [-0.39, 0.29) is 17.6 Å². The minimum Gasteiger partial charge on any atom is -0.493 e. The summed E-state index contributed by atoms with van der Waals surface area (Å²) in [5.74, 6) is 0.832. The van der Waals surface area contributed by atoms with Gasteiger partial charge in [0.1, 0.15) is 11.3 Å². The highest BCUT2D eigenvalue weighted by Gasteiger charge is 2.45. The zero-order valence-electron chi connectivity index (χ0n) is 21.7. The Bertz CT molecular complexity index is 1310. The van der Waals surface area contributed by atoms with Gasteiger partial charge in [-0.15, -0.1) is 0 Å². The van der Waals surface area contributed by atoms with Gasteiger partial charge in [0.15, 0.2) is 17.0 Å². The highest BCUT2D eigenvalue weighted by molar-refractivity contribution is 8.05. The summed E-state index contributed by atoms with van der Waals surface area (Å²) in [5, 5.41) is 0. The van der Waals surface area contributed by atoms with Gasteiger partial charge in [-0.3, -0.25) is 14.7 Å². The van der Waals surface area contributed by atoms with Gasteiger partial charge in [0.25, 0.3) is 5.91 Å². The van der Waals surface area contributed by atoms with Crippen LogP contribution in [0.5, 0.6) is 17.2 Å². The predicted molar refractivity (Wildman–Crippen MR) is 145 cm³/mol. The van der Waals surface area contributed by atoms with E-state index >= 15 is 0 Å². The molecular weight excluding hydrogens is 492 g/mol. The molecule has 2 aromatic carbocycles. The van der Waals surface area contributed by atoms with Crippen molar-refractivity contribution in [2.75, 3.05) is 20.8 Å². The van der Waals surface area contributed by atoms with Crippen LogP contribution >= 0.6 is 11.8 Å². The number of nitrogens with zero attached hydrogens (tertiary/aromatic N) is 2. The van der Waals surface area contributed by atoms with Crippen LogP contribution in [0.4, 0.5) is 0 Å². The molecule has 1 unspecified atom stereocenters. The van der Waals surface area contributed by atoms with E-state index in [1.54, 1.807) is 25.0 Å². The van der Waals surface area contributed by atoms with E-state index in [1.165, 1.54) is 18.9 Å². The summed E-state index contributed by atoms with van der Waals surface area (Å²) in [4.78, 5) is 33.6. The lowest BCUT2D eigenvalue weighted by atomic mass is 9.99. The van der Waals surface area contributed by atoms with Crippen molar-refractivity contribution >= 4 is 41.1 Å². The van der Waals surface area contributed by atoms with Crippen LogP contribution in [0, 0.1) is 0 Å². The first-order chi connectivity index (χ1) is 17.8. The summed E-state index contributed by atoms with van der Waals surface area (Å²) in [6, 6.07) is 12.9. The Morgan fingerprint density at radius 1 is 1.14 bits per heavy atom. The molecule has 2 aliphatic heterocycles. The molecule has 0 spiro atoms. The molecule has 4 rings (SSSR count). The molecule has 0 radical (unpaired) electrons. The number of amides is 1. The summed E-state index contributed by atoms with van der Waals surface area (Å²) >= 11 is 1.31. The van der Waals surface area contributed by atoms with Gasteiger partial charge in [-0.05, 0) is 52.0 Å². The highest BCUT2D eigenvalue weighted by atomic mass is 32.2. The second kappa shape index (κ2) is 11.1. The normalized spacial score (nSPS) is 18.2. The van der Waals surface area contributed by atoms with Crippen LogP contribution in [0.3, 0.4) is 0 Å². The number of para-hydroxylation sites is 2. The summed E-state index contributed by atoms with van der Waals surface area (Å²) in [5.41, 5.74) is 1.86. The average molecular weight is 523 g/mol. The van der Waals surface area contributed by atoms with Gasteiger partial charge in [0.05, 0.1) is 43.2 Å². The molecule has 9 heteroatoms. The molecule has 1 amide bonds. The first kappa shape index (κ1) is 26.3. The van der Waals surface area contributed by atoms with Crippen LogP contribution in [-0.2, 0) is 14.3 Å². The van der Waals surface area contributed by atoms with Crippen molar-refractivity contribution in [3.05, 3.63) is 64.1 Å². The number of methoxy groups -OCH3 is 2. The quantitative estimate of drug-likeness (QED) is 0.350. The second-order valence-corrected chi connectivity index (χ2v) is 9.63. The van der Waals surface area contributed by atoms with Gasteiger partial charge in [-0.25, -0.2) is 4.79 Å². The molecule has 2 aliphatic rings. The van der Waals surface area contributed by atoms with Crippen molar-refractivity contribution in [2.24, 2.45) is 4.99 Å². The molecule has 2 heterocycles. The topological polar surface area (TPSA) is 86.7 Å². The van der Waals surface area contributed by atoms with Crippen LogP contribution in [0.2, 0.25) is 0 Å². The fourth-order valence-electron chi connectivity index (χ4n) is 4.23. The molecule has 1 saturated heterocycles. The molecule has 0 aliphatic carbocycles. The molecule has 1 fully saturated rings. The third-order valence-corrected chi connectivity index (χ3v) is 6.80. The monoisotopic (exact) mass is 522 g/mol. The number of benzene rings is 2.